The average Bonchev–Trinajstić information content (AvgIpc) is 3.17. The van der Waals surface area contributed by atoms with Gasteiger partial charge in [0.05, 0.1) is 50.7 Å². The largest absolute Gasteiger partial charge is 0.496 e. The highest BCUT2D eigenvalue weighted by Gasteiger charge is 2.54. The Kier molecular flexibility index (Phi) is 12.6. The number of benzene rings is 4. The van der Waals surface area contributed by atoms with Crippen molar-refractivity contribution in [2.45, 2.75) is 157 Å². The summed E-state index contributed by atoms with van der Waals surface area (Å²) in [6, 6.07) is 15.1. The number of aliphatic hydroxyl groups is 2. The van der Waals surface area contributed by atoms with Gasteiger partial charge in [-0.1, -0.05) is 125 Å². The molecule has 0 aromatic heterocycles. The first-order valence-corrected chi connectivity index (χ1v) is 22.4. The van der Waals surface area contributed by atoms with Crippen LogP contribution >= 0.6 is 0 Å². The van der Waals surface area contributed by atoms with Crippen LogP contribution in [0.1, 0.15) is 201 Å². The molecule has 0 heterocycles. The lowest BCUT2D eigenvalue weighted by Crippen LogP contribution is -2.45. The number of carbonyl (C=O) groups excluding carboxylic acids is 2. The fourth-order valence-corrected chi connectivity index (χ4v) is 9.07. The van der Waals surface area contributed by atoms with Crippen LogP contribution in [0.3, 0.4) is 0 Å². The van der Waals surface area contributed by atoms with Gasteiger partial charge in [-0.15, -0.1) is 0 Å². The topological polar surface area (TPSA) is 112 Å². The van der Waals surface area contributed by atoms with Crippen LogP contribution < -0.4 is 18.9 Å². The molecular weight excluding hydrogens is 801 g/mol. The number of rotatable bonds is 4. The van der Waals surface area contributed by atoms with Crippen molar-refractivity contribution < 1.29 is 38.7 Å². The van der Waals surface area contributed by atoms with Crippen LogP contribution in [0.25, 0.3) is 0 Å². The van der Waals surface area contributed by atoms with Crippen LogP contribution in [0, 0.1) is 10.8 Å². The van der Waals surface area contributed by atoms with Gasteiger partial charge in [0.15, 0.2) is 0 Å². The fraction of sp³-hybridized carbons (Fsp3) is 0.536. The maximum atomic E-state index is 15.8. The number of fused-ring (bicyclic) bond motifs is 8. The third-order valence-corrected chi connectivity index (χ3v) is 13.3. The molecule has 0 saturated heterocycles. The van der Waals surface area contributed by atoms with E-state index >= 15 is 9.59 Å². The number of methoxy groups -OCH3 is 4. The Morgan fingerprint density at radius 2 is 0.547 bits per heavy atom. The Morgan fingerprint density at radius 1 is 0.344 bits per heavy atom. The van der Waals surface area contributed by atoms with Gasteiger partial charge in [-0.05, 0) is 103 Å². The Morgan fingerprint density at radius 3 is 0.766 bits per heavy atom. The van der Waals surface area contributed by atoms with E-state index in [0.29, 0.717) is 22.3 Å². The van der Waals surface area contributed by atoms with E-state index in [1.165, 1.54) is 21.3 Å². The molecular formula is C56H76O8. The molecule has 0 amide bonds. The Bertz CT molecular complexity index is 2350. The minimum Gasteiger partial charge on any atom is -0.496 e. The maximum Gasteiger partial charge on any atom is 0.200 e. The summed E-state index contributed by atoms with van der Waals surface area (Å²) in [5.41, 5.74) is -2.80. The predicted molar refractivity (Wildman–Crippen MR) is 259 cm³/mol. The van der Waals surface area contributed by atoms with Crippen LogP contribution in [-0.4, -0.2) is 50.2 Å². The number of hydrogen-bond donors (Lipinski definition) is 2. The molecule has 0 fully saturated rings. The predicted octanol–water partition coefficient (Wildman–Crippen LogP) is 12.3. The van der Waals surface area contributed by atoms with E-state index in [-0.39, 0.29) is 45.3 Å². The highest BCUT2D eigenvalue weighted by molar-refractivity contribution is 6.18. The first kappa shape index (κ1) is 50.3. The molecule has 8 nitrogen and oxygen atoms in total. The van der Waals surface area contributed by atoms with Gasteiger partial charge in [0.1, 0.15) is 34.2 Å². The second kappa shape index (κ2) is 16.0. The van der Waals surface area contributed by atoms with E-state index in [1.807, 2.05) is 98.7 Å². The van der Waals surface area contributed by atoms with E-state index < -0.39 is 55.3 Å². The standard InChI is InChI=1S/C56H76O8/c1-49(2,3)31-23-35-43(57)37-25-32(50(4,5)6)27-39(46(37)62-20)55(59,53(13,14)15)41-29-34(52(10,11)12)30-42(48(41)64-22)56(60,54(16,17)18)40-28-33(51(7,8)9)26-38(47(40)63-21)44(58)36(24-31)45(35)61-19/h23-30,59-60H,1-22H3/t55-,56-/m0/s1. The van der Waals surface area contributed by atoms with E-state index in [0.717, 1.165) is 22.3 Å². The van der Waals surface area contributed by atoms with Gasteiger partial charge in [0.25, 0.3) is 0 Å². The molecule has 1 aliphatic carbocycles. The number of ketones is 2. The average molecular weight is 877 g/mol. The molecule has 8 bridgehead atoms. The molecule has 5 rings (SSSR count). The molecule has 4 aromatic rings. The SMILES string of the molecule is COc1c2cc(C(C)(C)C)cc1C(=O)c1cc(C(C)(C)C)cc(c1OC)[C@@](O)(C(C)(C)C)c1cc(C(C)(C)C)cc(c1OC)[C@](O)(C(C)(C)C)c1cc(C(C)(C)C)cc(c1OC)C2=O. The molecule has 2 N–H and O–H groups in total. The van der Waals surface area contributed by atoms with Crippen molar-refractivity contribution >= 4 is 11.6 Å². The lowest BCUT2D eigenvalue weighted by atomic mass is 9.62. The molecule has 8 heteroatoms. The van der Waals surface area contributed by atoms with Crippen molar-refractivity contribution in [3.05, 3.63) is 115 Å². The van der Waals surface area contributed by atoms with Gasteiger partial charge in [0.2, 0.25) is 11.6 Å². The molecule has 0 radical (unpaired) electrons. The molecule has 4 aromatic carbocycles. The first-order valence-electron chi connectivity index (χ1n) is 22.4. The lowest BCUT2D eigenvalue weighted by Gasteiger charge is -2.47. The van der Waals surface area contributed by atoms with Gasteiger partial charge in [-0.25, -0.2) is 0 Å². The third kappa shape index (κ3) is 8.16. The smallest absolute Gasteiger partial charge is 0.200 e. The van der Waals surface area contributed by atoms with Crippen LogP contribution in [0.5, 0.6) is 23.0 Å². The van der Waals surface area contributed by atoms with E-state index in [2.05, 4.69) is 62.3 Å². The summed E-state index contributed by atoms with van der Waals surface area (Å²) in [6.45, 7) is 36.4. The molecule has 348 valence electrons. The zero-order chi connectivity index (χ0) is 48.9. The van der Waals surface area contributed by atoms with Crippen LogP contribution in [0.2, 0.25) is 0 Å². The second-order valence-electron chi connectivity index (χ2n) is 24.0. The summed E-state index contributed by atoms with van der Waals surface area (Å²) < 4.78 is 25.5. The molecule has 64 heavy (non-hydrogen) atoms. The Hall–Kier alpha value is -4.66. The monoisotopic (exact) mass is 877 g/mol. The van der Waals surface area contributed by atoms with Crippen molar-refractivity contribution in [3.8, 4) is 23.0 Å². The molecule has 2 atom stereocenters. The first-order chi connectivity index (χ1) is 29.0. The molecule has 0 spiro atoms. The molecule has 0 saturated carbocycles. The fourth-order valence-electron chi connectivity index (χ4n) is 9.07. The normalized spacial score (nSPS) is 18.8. The number of hydrogen-bond acceptors (Lipinski definition) is 8. The Labute approximate surface area is 384 Å². The van der Waals surface area contributed by atoms with Crippen molar-refractivity contribution in [2.24, 2.45) is 10.8 Å². The van der Waals surface area contributed by atoms with Gasteiger partial charge in [0, 0.05) is 22.3 Å². The summed E-state index contributed by atoms with van der Waals surface area (Å²) in [5, 5.41) is 28.6. The van der Waals surface area contributed by atoms with Gasteiger partial charge >= 0.3 is 0 Å². The van der Waals surface area contributed by atoms with Crippen molar-refractivity contribution in [3.63, 3.8) is 0 Å². The summed E-state index contributed by atoms with van der Waals surface area (Å²) in [5.74, 6) is -0.239. The highest BCUT2D eigenvalue weighted by Crippen LogP contribution is 2.59. The van der Waals surface area contributed by atoms with Crippen LogP contribution in [0.4, 0.5) is 0 Å². The van der Waals surface area contributed by atoms with Crippen molar-refractivity contribution in [1.82, 2.24) is 0 Å². The van der Waals surface area contributed by atoms with E-state index in [4.69, 9.17) is 18.9 Å². The third-order valence-electron chi connectivity index (χ3n) is 13.3. The second-order valence-corrected chi connectivity index (χ2v) is 24.0. The van der Waals surface area contributed by atoms with E-state index in [9.17, 15) is 10.2 Å². The molecule has 0 unspecified atom stereocenters. The number of ether oxygens (including phenoxy) is 4. The van der Waals surface area contributed by atoms with Gasteiger partial charge in [-0.3, -0.25) is 9.59 Å². The number of carbonyl (C=O) groups is 2. The maximum absolute atomic E-state index is 15.8. The van der Waals surface area contributed by atoms with Crippen molar-refractivity contribution in [2.75, 3.05) is 28.4 Å². The minimum atomic E-state index is -1.95. The molecule has 1 aliphatic rings. The summed E-state index contributed by atoms with van der Waals surface area (Å²) in [4.78, 5) is 31.6. The molecule has 0 aliphatic heterocycles. The summed E-state index contributed by atoms with van der Waals surface area (Å²) in [6.07, 6.45) is 0. The minimum absolute atomic E-state index is 0.0866. The van der Waals surface area contributed by atoms with Crippen LogP contribution in [0.15, 0.2) is 48.5 Å². The zero-order valence-electron chi connectivity index (χ0n) is 43.0. The van der Waals surface area contributed by atoms with Gasteiger partial charge < -0.3 is 29.2 Å². The van der Waals surface area contributed by atoms with E-state index in [1.54, 1.807) is 19.2 Å². The summed E-state index contributed by atoms with van der Waals surface area (Å²) >= 11 is 0. The van der Waals surface area contributed by atoms with Crippen molar-refractivity contribution in [1.29, 1.82) is 0 Å². The quantitative estimate of drug-likeness (QED) is 0.208. The lowest BCUT2D eigenvalue weighted by molar-refractivity contribution is -0.0371. The van der Waals surface area contributed by atoms with Crippen LogP contribution in [-0.2, 0) is 32.9 Å². The highest BCUT2D eigenvalue weighted by atomic mass is 16.5. The summed E-state index contributed by atoms with van der Waals surface area (Å²) in [7, 11) is 6.01. The Balaban J connectivity index is 2.33. The zero-order valence-corrected chi connectivity index (χ0v) is 43.0. The van der Waals surface area contributed by atoms with Gasteiger partial charge in [-0.2, -0.15) is 0 Å².